The monoisotopic (exact) mass is 321 g/mol. The van der Waals surface area contributed by atoms with Crippen molar-refractivity contribution in [3.63, 3.8) is 0 Å². The summed E-state index contributed by atoms with van der Waals surface area (Å²) in [5.74, 6) is 1.34. The molecule has 0 saturated carbocycles. The first-order valence-electron chi connectivity index (χ1n) is 6.29. The lowest BCUT2D eigenvalue weighted by molar-refractivity contribution is 0.325. The molecule has 0 atom stereocenters. The Bertz CT molecular complexity index is 700. The number of halogens is 1. The SMILES string of the molecule is Fc1ccccc1OCCSc1n[nH]c(-c2cccs2)n1. The van der Waals surface area contributed by atoms with Gasteiger partial charge in [0.15, 0.2) is 17.4 Å². The van der Waals surface area contributed by atoms with Crippen LogP contribution in [0.25, 0.3) is 10.7 Å². The number of thioether (sulfide) groups is 1. The van der Waals surface area contributed by atoms with E-state index in [1.807, 2.05) is 17.5 Å². The van der Waals surface area contributed by atoms with E-state index in [-0.39, 0.29) is 11.6 Å². The minimum Gasteiger partial charge on any atom is -0.490 e. The Hall–Kier alpha value is -1.86. The third-order valence-electron chi connectivity index (χ3n) is 2.63. The molecule has 0 aliphatic rings. The lowest BCUT2D eigenvalue weighted by Gasteiger charge is -2.05. The fraction of sp³-hybridized carbons (Fsp3) is 0.143. The summed E-state index contributed by atoms with van der Waals surface area (Å²) >= 11 is 3.07. The van der Waals surface area contributed by atoms with Crippen molar-refractivity contribution in [3.8, 4) is 16.5 Å². The number of ether oxygens (including phenoxy) is 1. The molecule has 0 aliphatic heterocycles. The number of benzene rings is 1. The number of aromatic amines is 1. The van der Waals surface area contributed by atoms with Crippen LogP contribution in [0.1, 0.15) is 0 Å². The minimum absolute atomic E-state index is 0.271. The average molecular weight is 321 g/mol. The molecule has 0 bridgehead atoms. The Kier molecular flexibility index (Phi) is 4.52. The highest BCUT2D eigenvalue weighted by Gasteiger charge is 2.07. The van der Waals surface area contributed by atoms with Crippen molar-refractivity contribution < 1.29 is 9.13 Å². The molecule has 0 saturated heterocycles. The maximum Gasteiger partial charge on any atom is 0.208 e. The van der Waals surface area contributed by atoms with Gasteiger partial charge in [0.25, 0.3) is 0 Å². The number of H-pyrrole nitrogens is 1. The molecule has 0 fully saturated rings. The van der Waals surface area contributed by atoms with Gasteiger partial charge in [-0.2, -0.15) is 0 Å². The second-order valence-electron chi connectivity index (χ2n) is 4.07. The number of aromatic nitrogens is 3. The van der Waals surface area contributed by atoms with Crippen LogP contribution in [0.2, 0.25) is 0 Å². The fourth-order valence-corrected chi connectivity index (χ4v) is 2.96. The van der Waals surface area contributed by atoms with E-state index in [1.54, 1.807) is 29.5 Å². The molecule has 3 rings (SSSR count). The summed E-state index contributed by atoms with van der Waals surface area (Å²) < 4.78 is 18.7. The van der Waals surface area contributed by atoms with E-state index >= 15 is 0 Å². The van der Waals surface area contributed by atoms with Crippen LogP contribution in [-0.4, -0.2) is 27.5 Å². The summed E-state index contributed by atoms with van der Waals surface area (Å²) in [6, 6.07) is 10.3. The van der Waals surface area contributed by atoms with Crippen molar-refractivity contribution in [2.45, 2.75) is 5.16 Å². The Labute approximate surface area is 129 Å². The first-order valence-corrected chi connectivity index (χ1v) is 8.16. The lowest BCUT2D eigenvalue weighted by Crippen LogP contribution is -2.01. The first-order chi connectivity index (χ1) is 10.3. The van der Waals surface area contributed by atoms with E-state index in [0.29, 0.717) is 17.5 Å². The highest BCUT2D eigenvalue weighted by molar-refractivity contribution is 7.99. The molecule has 2 aromatic heterocycles. The zero-order chi connectivity index (χ0) is 14.5. The third kappa shape index (κ3) is 3.62. The zero-order valence-electron chi connectivity index (χ0n) is 11.0. The normalized spacial score (nSPS) is 10.7. The summed E-state index contributed by atoms with van der Waals surface area (Å²) in [4.78, 5) is 5.44. The summed E-state index contributed by atoms with van der Waals surface area (Å²) in [6.07, 6.45) is 0. The number of nitrogens with one attached hydrogen (secondary N) is 1. The summed E-state index contributed by atoms with van der Waals surface area (Å²) in [5.41, 5.74) is 0. The van der Waals surface area contributed by atoms with Gasteiger partial charge < -0.3 is 4.74 Å². The largest absolute Gasteiger partial charge is 0.490 e. The van der Waals surface area contributed by atoms with Crippen LogP contribution in [0, 0.1) is 5.82 Å². The topological polar surface area (TPSA) is 50.8 Å². The quantitative estimate of drug-likeness (QED) is 0.553. The molecule has 2 heterocycles. The third-order valence-corrected chi connectivity index (χ3v) is 4.32. The van der Waals surface area contributed by atoms with Gasteiger partial charge in [-0.3, -0.25) is 5.10 Å². The van der Waals surface area contributed by atoms with Gasteiger partial charge in [-0.05, 0) is 23.6 Å². The second-order valence-corrected chi connectivity index (χ2v) is 6.08. The molecule has 0 unspecified atom stereocenters. The molecule has 0 amide bonds. The van der Waals surface area contributed by atoms with E-state index in [1.165, 1.54) is 17.8 Å². The molecular formula is C14H12FN3OS2. The van der Waals surface area contributed by atoms with Crippen molar-refractivity contribution in [3.05, 3.63) is 47.6 Å². The Morgan fingerprint density at radius 2 is 2.14 bits per heavy atom. The highest BCUT2D eigenvalue weighted by atomic mass is 32.2. The summed E-state index contributed by atoms with van der Waals surface area (Å²) in [6.45, 7) is 0.397. The van der Waals surface area contributed by atoms with Crippen LogP contribution in [0.4, 0.5) is 4.39 Å². The molecule has 1 aromatic carbocycles. The first kappa shape index (κ1) is 14.1. The fourth-order valence-electron chi connectivity index (χ4n) is 1.68. The lowest BCUT2D eigenvalue weighted by atomic mass is 10.3. The van der Waals surface area contributed by atoms with Crippen molar-refractivity contribution in [2.75, 3.05) is 12.4 Å². The van der Waals surface area contributed by atoms with Crippen molar-refractivity contribution >= 4 is 23.1 Å². The van der Waals surface area contributed by atoms with Crippen LogP contribution in [0.15, 0.2) is 46.9 Å². The number of rotatable bonds is 6. The number of hydrogen-bond acceptors (Lipinski definition) is 5. The van der Waals surface area contributed by atoms with E-state index in [4.69, 9.17) is 4.74 Å². The van der Waals surface area contributed by atoms with Gasteiger partial charge >= 0.3 is 0 Å². The minimum atomic E-state index is -0.347. The van der Waals surface area contributed by atoms with Crippen molar-refractivity contribution in [1.29, 1.82) is 0 Å². The van der Waals surface area contributed by atoms with E-state index in [9.17, 15) is 4.39 Å². The van der Waals surface area contributed by atoms with Crippen LogP contribution < -0.4 is 4.74 Å². The molecule has 7 heteroatoms. The van der Waals surface area contributed by atoms with E-state index < -0.39 is 0 Å². The molecule has 3 aromatic rings. The molecule has 0 spiro atoms. The van der Waals surface area contributed by atoms with Crippen molar-refractivity contribution in [2.24, 2.45) is 0 Å². The Morgan fingerprint density at radius 3 is 2.95 bits per heavy atom. The van der Waals surface area contributed by atoms with Gasteiger partial charge in [-0.15, -0.1) is 16.4 Å². The maximum atomic E-state index is 13.3. The van der Waals surface area contributed by atoms with E-state index in [2.05, 4.69) is 15.2 Å². The Balaban J connectivity index is 1.49. The van der Waals surface area contributed by atoms with Crippen LogP contribution in [0.5, 0.6) is 5.75 Å². The number of nitrogens with zero attached hydrogens (tertiary/aromatic N) is 2. The summed E-state index contributed by atoms with van der Waals surface area (Å²) in [7, 11) is 0. The van der Waals surface area contributed by atoms with Crippen LogP contribution in [-0.2, 0) is 0 Å². The van der Waals surface area contributed by atoms with Gasteiger partial charge in [-0.25, -0.2) is 9.37 Å². The molecule has 4 nitrogen and oxygen atoms in total. The summed E-state index contributed by atoms with van der Waals surface area (Å²) in [5, 5.41) is 9.70. The highest BCUT2D eigenvalue weighted by Crippen LogP contribution is 2.23. The standard InChI is InChI=1S/C14H12FN3OS2/c15-10-4-1-2-5-11(10)19-7-9-21-14-16-13(17-18-14)12-6-3-8-20-12/h1-6,8H,7,9H2,(H,16,17,18). The smallest absolute Gasteiger partial charge is 0.208 e. The predicted octanol–water partition coefficient (Wildman–Crippen LogP) is 3.84. The van der Waals surface area contributed by atoms with Gasteiger partial charge in [0.05, 0.1) is 11.5 Å². The molecule has 0 aliphatic carbocycles. The zero-order valence-corrected chi connectivity index (χ0v) is 12.6. The van der Waals surface area contributed by atoms with Gasteiger partial charge in [0, 0.05) is 5.75 Å². The average Bonchev–Trinajstić information content (AvgIpc) is 3.16. The number of para-hydroxylation sites is 1. The second kappa shape index (κ2) is 6.73. The van der Waals surface area contributed by atoms with Crippen molar-refractivity contribution in [1.82, 2.24) is 15.2 Å². The van der Waals surface area contributed by atoms with Crippen LogP contribution in [0.3, 0.4) is 0 Å². The molecular weight excluding hydrogens is 309 g/mol. The molecule has 0 radical (unpaired) electrons. The predicted molar refractivity (Wildman–Crippen MR) is 82.3 cm³/mol. The molecule has 108 valence electrons. The molecule has 1 N–H and O–H groups in total. The van der Waals surface area contributed by atoms with Crippen LogP contribution >= 0.6 is 23.1 Å². The van der Waals surface area contributed by atoms with E-state index in [0.717, 1.165) is 10.7 Å². The van der Waals surface area contributed by atoms with Gasteiger partial charge in [0.2, 0.25) is 5.16 Å². The van der Waals surface area contributed by atoms with Gasteiger partial charge in [0.1, 0.15) is 0 Å². The number of hydrogen-bond donors (Lipinski definition) is 1. The number of thiophene rings is 1. The Morgan fingerprint density at radius 1 is 1.24 bits per heavy atom. The maximum absolute atomic E-state index is 13.3. The van der Waals surface area contributed by atoms with Gasteiger partial charge in [-0.1, -0.05) is 30.0 Å². The molecule has 21 heavy (non-hydrogen) atoms.